The third-order valence-electron chi connectivity index (χ3n) is 7.67. The molecule has 0 aliphatic heterocycles. The summed E-state index contributed by atoms with van der Waals surface area (Å²) < 4.78 is 0. The van der Waals surface area contributed by atoms with Crippen LogP contribution in [0.3, 0.4) is 0 Å². The van der Waals surface area contributed by atoms with E-state index in [0.29, 0.717) is 23.2 Å². The normalized spacial score (nSPS) is 24.7. The first-order valence-electron chi connectivity index (χ1n) is 12.3. The Balaban J connectivity index is 1.67. The number of fused-ring (bicyclic) bond motifs is 2. The summed E-state index contributed by atoms with van der Waals surface area (Å²) in [6.45, 7) is 6.97. The molecule has 4 nitrogen and oxygen atoms in total. The van der Waals surface area contributed by atoms with Crippen molar-refractivity contribution in [1.82, 2.24) is 0 Å². The molecule has 3 aromatic rings. The van der Waals surface area contributed by atoms with Crippen LogP contribution >= 0.6 is 0 Å². The van der Waals surface area contributed by atoms with E-state index in [4.69, 9.17) is 9.98 Å². The van der Waals surface area contributed by atoms with Gasteiger partial charge in [0.15, 0.2) is 11.7 Å². The van der Waals surface area contributed by atoms with E-state index in [1.807, 2.05) is 78.9 Å². The largest absolute Gasteiger partial charge is 0.279 e. The van der Waals surface area contributed by atoms with Crippen molar-refractivity contribution in [2.45, 2.75) is 40.0 Å². The van der Waals surface area contributed by atoms with Gasteiger partial charge in [-0.2, -0.15) is 4.99 Å². The van der Waals surface area contributed by atoms with E-state index in [2.05, 4.69) is 25.8 Å². The van der Waals surface area contributed by atoms with Crippen molar-refractivity contribution in [3.05, 3.63) is 108 Å². The van der Waals surface area contributed by atoms with Gasteiger partial charge >= 0.3 is 0 Å². The van der Waals surface area contributed by atoms with Crippen LogP contribution in [0.5, 0.6) is 0 Å². The summed E-state index contributed by atoms with van der Waals surface area (Å²) in [5.41, 5.74) is 3.55. The molecule has 2 aliphatic carbocycles. The number of rotatable bonds is 3. The fraction of sp³-hybridized carbons (Fsp3) is 0.290. The Kier molecular flexibility index (Phi) is 6.06. The lowest BCUT2D eigenvalue weighted by Crippen LogP contribution is -2.36. The van der Waals surface area contributed by atoms with Gasteiger partial charge in [0.1, 0.15) is 0 Å². The van der Waals surface area contributed by atoms with E-state index >= 15 is 0 Å². The molecular formula is C31H31N3O. The Morgan fingerprint density at radius 1 is 0.714 bits per heavy atom. The molecule has 0 spiro atoms. The van der Waals surface area contributed by atoms with Crippen molar-refractivity contribution < 1.29 is 4.79 Å². The molecule has 2 unspecified atom stereocenters. The summed E-state index contributed by atoms with van der Waals surface area (Å²) in [4.78, 5) is 27.8. The molecule has 0 radical (unpaired) electrons. The Bertz CT molecular complexity index is 1300. The highest BCUT2D eigenvalue weighted by atomic mass is 16.1. The van der Waals surface area contributed by atoms with Gasteiger partial charge in [0, 0.05) is 33.2 Å². The Morgan fingerprint density at radius 2 is 1.23 bits per heavy atom. The lowest BCUT2D eigenvalue weighted by atomic mass is 9.71. The van der Waals surface area contributed by atoms with Crippen LogP contribution in [0.15, 0.2) is 106 Å². The monoisotopic (exact) mass is 461 g/mol. The molecule has 3 aromatic carbocycles. The number of aliphatic imine (C=N–C) groups is 3. The number of hydrogen-bond donors (Lipinski definition) is 0. The standard InChI is InChI=1S/C31H31N3O/c1-30(2)25-19-20-31(3,21-25)29(30)34-27(23-15-9-5-10-16-23)32-26(22-13-7-4-8-14-22)33-28(35)24-17-11-6-12-18-24/h4-18,25H,19-21H2,1-3H3. The first-order chi connectivity index (χ1) is 16.9. The predicted molar refractivity (Wildman–Crippen MR) is 143 cm³/mol. The smallest absolute Gasteiger partial charge is 0.267 e. The molecule has 0 N–H and O–H groups in total. The summed E-state index contributed by atoms with van der Waals surface area (Å²) >= 11 is 0. The lowest BCUT2D eigenvalue weighted by Gasteiger charge is -2.35. The third kappa shape index (κ3) is 4.53. The van der Waals surface area contributed by atoms with E-state index in [0.717, 1.165) is 17.5 Å². The topological polar surface area (TPSA) is 54.1 Å². The minimum absolute atomic E-state index is 0.0203. The highest BCUT2D eigenvalue weighted by molar-refractivity contribution is 6.19. The zero-order chi connectivity index (χ0) is 24.5. The fourth-order valence-corrected chi connectivity index (χ4v) is 5.75. The van der Waals surface area contributed by atoms with Gasteiger partial charge in [-0.15, -0.1) is 0 Å². The molecule has 0 aromatic heterocycles. The van der Waals surface area contributed by atoms with Gasteiger partial charge in [0.25, 0.3) is 5.91 Å². The number of hydrogen-bond acceptors (Lipinski definition) is 1. The van der Waals surface area contributed by atoms with E-state index in [9.17, 15) is 4.79 Å². The molecule has 176 valence electrons. The summed E-state index contributed by atoms with van der Waals surface area (Å²) in [5, 5.41) is 0. The van der Waals surface area contributed by atoms with Gasteiger partial charge in [-0.05, 0) is 37.3 Å². The van der Waals surface area contributed by atoms with Gasteiger partial charge in [0.2, 0.25) is 0 Å². The molecular weight excluding hydrogens is 430 g/mol. The maximum Gasteiger partial charge on any atom is 0.279 e. The van der Waals surface area contributed by atoms with Gasteiger partial charge in [-0.3, -0.25) is 4.79 Å². The number of benzene rings is 3. The predicted octanol–water partition coefficient (Wildman–Crippen LogP) is 7.01. The number of nitrogens with zero attached hydrogens (tertiary/aromatic N) is 3. The summed E-state index contributed by atoms with van der Waals surface area (Å²) in [5.74, 6) is 1.30. The minimum Gasteiger partial charge on any atom is -0.267 e. The molecule has 2 saturated carbocycles. The Labute approximate surface area is 207 Å². The molecule has 1 amide bonds. The van der Waals surface area contributed by atoms with Crippen LogP contribution in [0.1, 0.15) is 61.5 Å². The fourth-order valence-electron chi connectivity index (χ4n) is 5.75. The molecule has 35 heavy (non-hydrogen) atoms. The van der Waals surface area contributed by atoms with E-state index in [-0.39, 0.29) is 16.7 Å². The van der Waals surface area contributed by atoms with Crippen LogP contribution in [0.2, 0.25) is 0 Å². The Hall–Kier alpha value is -3.66. The van der Waals surface area contributed by atoms with Crippen LogP contribution in [0.4, 0.5) is 0 Å². The Morgan fingerprint density at radius 3 is 1.74 bits per heavy atom. The first-order valence-corrected chi connectivity index (χ1v) is 12.3. The molecule has 5 rings (SSSR count). The summed E-state index contributed by atoms with van der Waals surface area (Å²) in [6.07, 6.45) is 3.59. The zero-order valence-electron chi connectivity index (χ0n) is 20.6. The number of carbonyl (C=O) groups excluding carboxylic acids is 1. The molecule has 2 aliphatic rings. The maximum absolute atomic E-state index is 13.1. The van der Waals surface area contributed by atoms with Crippen LogP contribution in [-0.4, -0.2) is 23.3 Å². The minimum atomic E-state index is -0.319. The van der Waals surface area contributed by atoms with Gasteiger partial charge in [-0.1, -0.05) is 99.6 Å². The van der Waals surface area contributed by atoms with Gasteiger partial charge in [0.05, 0.1) is 0 Å². The molecule has 2 fully saturated rings. The second-order valence-electron chi connectivity index (χ2n) is 10.5. The average molecular weight is 462 g/mol. The number of carbonyl (C=O) groups is 1. The van der Waals surface area contributed by atoms with E-state index in [1.54, 1.807) is 12.1 Å². The first kappa shape index (κ1) is 23.1. The number of amides is 1. The third-order valence-corrected chi connectivity index (χ3v) is 7.67. The van der Waals surface area contributed by atoms with E-state index < -0.39 is 0 Å². The van der Waals surface area contributed by atoms with Crippen molar-refractivity contribution in [2.75, 3.05) is 0 Å². The van der Waals surface area contributed by atoms with Gasteiger partial charge in [-0.25, -0.2) is 9.98 Å². The summed E-state index contributed by atoms with van der Waals surface area (Å²) in [7, 11) is 0. The molecule has 2 bridgehead atoms. The molecule has 0 saturated heterocycles. The number of amidine groups is 2. The van der Waals surface area contributed by atoms with Gasteiger partial charge < -0.3 is 0 Å². The lowest BCUT2D eigenvalue weighted by molar-refractivity contribution is 0.100. The van der Waals surface area contributed by atoms with Crippen molar-refractivity contribution in [1.29, 1.82) is 0 Å². The SMILES string of the molecule is CC12CCC(C1)C(C)(C)C2=NC(=NC(=NC(=O)c1ccccc1)c1ccccc1)c1ccccc1. The van der Waals surface area contributed by atoms with Crippen LogP contribution in [-0.2, 0) is 0 Å². The van der Waals surface area contributed by atoms with Crippen molar-refractivity contribution in [3.8, 4) is 0 Å². The molecule has 4 heteroatoms. The maximum atomic E-state index is 13.1. The highest BCUT2D eigenvalue weighted by Gasteiger charge is 2.57. The molecule has 2 atom stereocenters. The van der Waals surface area contributed by atoms with Crippen LogP contribution in [0, 0.1) is 16.7 Å². The van der Waals surface area contributed by atoms with Crippen LogP contribution in [0.25, 0.3) is 0 Å². The van der Waals surface area contributed by atoms with Crippen molar-refractivity contribution in [2.24, 2.45) is 31.7 Å². The van der Waals surface area contributed by atoms with Crippen LogP contribution < -0.4 is 0 Å². The zero-order valence-corrected chi connectivity index (χ0v) is 20.6. The second-order valence-corrected chi connectivity index (χ2v) is 10.5. The van der Waals surface area contributed by atoms with Crippen molar-refractivity contribution >= 4 is 23.3 Å². The highest BCUT2D eigenvalue weighted by Crippen LogP contribution is 2.60. The average Bonchev–Trinajstić information content (AvgIpc) is 3.37. The van der Waals surface area contributed by atoms with Crippen molar-refractivity contribution in [3.63, 3.8) is 0 Å². The summed E-state index contributed by atoms with van der Waals surface area (Å²) in [6, 6.07) is 28.8. The quantitative estimate of drug-likeness (QED) is 0.306. The molecule has 0 heterocycles. The second kappa shape index (κ2) is 9.18. The van der Waals surface area contributed by atoms with E-state index in [1.165, 1.54) is 18.6 Å².